The number of anilines is 2. The van der Waals surface area contributed by atoms with Crippen LogP contribution >= 0.6 is 0 Å². The number of benzene rings is 1. The van der Waals surface area contributed by atoms with Crippen LogP contribution in [0.1, 0.15) is 18.4 Å². The summed E-state index contributed by atoms with van der Waals surface area (Å²) in [6.07, 6.45) is 2.71. The summed E-state index contributed by atoms with van der Waals surface area (Å²) in [5.41, 5.74) is 1.02. The Morgan fingerprint density at radius 2 is 2.00 bits per heavy atom. The van der Waals surface area contributed by atoms with E-state index in [0.29, 0.717) is 32.0 Å². The van der Waals surface area contributed by atoms with Crippen LogP contribution in [-0.4, -0.2) is 55.8 Å². The Morgan fingerprint density at radius 1 is 1.22 bits per heavy atom. The van der Waals surface area contributed by atoms with Crippen LogP contribution < -0.4 is 14.9 Å². The molecule has 1 saturated heterocycles. The van der Waals surface area contributed by atoms with Crippen molar-refractivity contribution in [3.63, 3.8) is 0 Å². The number of rotatable bonds is 8. The van der Waals surface area contributed by atoms with E-state index in [1.807, 2.05) is 17.9 Å². The van der Waals surface area contributed by atoms with Crippen molar-refractivity contribution in [2.45, 2.75) is 30.8 Å². The maximum Gasteiger partial charge on any atom is 0.240 e. The lowest BCUT2D eigenvalue weighted by Gasteiger charge is -2.17. The number of aliphatic hydroxyl groups excluding tert-OH is 1. The zero-order valence-electron chi connectivity index (χ0n) is 15.3. The lowest BCUT2D eigenvalue weighted by atomic mass is 10.2. The molecule has 1 aliphatic heterocycles. The summed E-state index contributed by atoms with van der Waals surface area (Å²) in [7, 11) is -3.48. The van der Waals surface area contributed by atoms with E-state index in [1.165, 1.54) is 0 Å². The molecule has 0 saturated carbocycles. The highest BCUT2D eigenvalue weighted by molar-refractivity contribution is 7.89. The fraction of sp³-hybridized carbons (Fsp3) is 0.444. The van der Waals surface area contributed by atoms with Crippen molar-refractivity contribution < 1.29 is 13.5 Å². The van der Waals surface area contributed by atoms with Gasteiger partial charge in [-0.05, 0) is 38.0 Å². The lowest BCUT2D eigenvalue weighted by Crippen LogP contribution is -2.26. The molecule has 146 valence electrons. The van der Waals surface area contributed by atoms with Crippen molar-refractivity contribution in [2.24, 2.45) is 0 Å². The molecule has 3 N–H and O–H groups in total. The number of hydrogen-bond donors (Lipinski definition) is 3. The van der Waals surface area contributed by atoms with Gasteiger partial charge in [0.15, 0.2) is 0 Å². The maximum absolute atomic E-state index is 12.2. The molecule has 1 aromatic heterocycles. The lowest BCUT2D eigenvalue weighted by molar-refractivity contribution is 0.198. The van der Waals surface area contributed by atoms with Crippen LogP contribution in [0.3, 0.4) is 0 Å². The summed E-state index contributed by atoms with van der Waals surface area (Å²) >= 11 is 0. The molecule has 1 aromatic carbocycles. The van der Waals surface area contributed by atoms with Gasteiger partial charge in [0.2, 0.25) is 16.0 Å². The third-order valence-electron chi connectivity index (χ3n) is 4.39. The number of hydrogen-bond acceptors (Lipinski definition) is 7. The summed E-state index contributed by atoms with van der Waals surface area (Å²) in [6, 6.07) is 8.58. The van der Waals surface area contributed by atoms with E-state index in [-0.39, 0.29) is 11.0 Å². The van der Waals surface area contributed by atoms with Gasteiger partial charge in [0, 0.05) is 32.4 Å². The SMILES string of the molecule is Cc1ccc(S(=O)(=O)NCCCNc2nccc(N3CCC(O)C3)n2)cc1. The molecule has 1 fully saturated rings. The van der Waals surface area contributed by atoms with Gasteiger partial charge in [-0.3, -0.25) is 0 Å². The molecule has 0 spiro atoms. The Bertz CT molecular complexity index is 858. The van der Waals surface area contributed by atoms with Crippen LogP contribution in [0.4, 0.5) is 11.8 Å². The fourth-order valence-electron chi connectivity index (χ4n) is 2.86. The first-order chi connectivity index (χ1) is 12.9. The highest BCUT2D eigenvalue weighted by Crippen LogP contribution is 2.18. The first-order valence-electron chi connectivity index (χ1n) is 9.00. The van der Waals surface area contributed by atoms with E-state index >= 15 is 0 Å². The van der Waals surface area contributed by atoms with Gasteiger partial charge >= 0.3 is 0 Å². The quantitative estimate of drug-likeness (QED) is 0.579. The minimum Gasteiger partial charge on any atom is -0.391 e. The molecule has 27 heavy (non-hydrogen) atoms. The maximum atomic E-state index is 12.2. The van der Waals surface area contributed by atoms with E-state index in [4.69, 9.17) is 0 Å². The van der Waals surface area contributed by atoms with E-state index in [1.54, 1.807) is 30.5 Å². The third-order valence-corrected chi connectivity index (χ3v) is 5.87. The standard InChI is InChI=1S/C18H25N5O3S/c1-14-3-5-16(6-4-14)27(25,26)21-10-2-9-19-18-20-11-7-17(22-18)23-12-8-15(24)13-23/h3-7,11,15,21,24H,2,8-10,12-13H2,1H3,(H,19,20,22). The summed E-state index contributed by atoms with van der Waals surface area (Å²) < 4.78 is 27.0. The number of sulfonamides is 1. The number of aromatic nitrogens is 2. The third kappa shape index (κ3) is 5.38. The van der Waals surface area contributed by atoms with Crippen LogP contribution in [-0.2, 0) is 10.0 Å². The molecule has 0 radical (unpaired) electrons. The van der Waals surface area contributed by atoms with Crippen molar-refractivity contribution in [2.75, 3.05) is 36.4 Å². The molecule has 2 aromatic rings. The summed E-state index contributed by atoms with van der Waals surface area (Å²) in [5, 5.41) is 12.7. The number of nitrogens with one attached hydrogen (secondary N) is 2. The summed E-state index contributed by atoms with van der Waals surface area (Å²) in [5.74, 6) is 1.28. The molecule has 1 aliphatic rings. The molecular weight excluding hydrogens is 366 g/mol. The Hall–Kier alpha value is -2.23. The number of aryl methyl sites for hydroxylation is 1. The molecule has 3 rings (SSSR count). The molecule has 8 nitrogen and oxygen atoms in total. The van der Waals surface area contributed by atoms with Gasteiger partial charge in [-0.2, -0.15) is 4.98 Å². The topological polar surface area (TPSA) is 107 Å². The fourth-order valence-corrected chi connectivity index (χ4v) is 3.93. The summed E-state index contributed by atoms with van der Waals surface area (Å²) in [6.45, 7) is 4.14. The van der Waals surface area contributed by atoms with Crippen molar-refractivity contribution in [3.05, 3.63) is 42.1 Å². The zero-order chi connectivity index (χ0) is 19.3. The van der Waals surface area contributed by atoms with E-state index in [9.17, 15) is 13.5 Å². The average Bonchev–Trinajstić information content (AvgIpc) is 3.08. The number of β-amino-alcohol motifs (C(OH)–C–C–N with tert-alkyl or cyclic N) is 1. The Labute approximate surface area is 159 Å². The number of nitrogens with zero attached hydrogens (tertiary/aromatic N) is 3. The van der Waals surface area contributed by atoms with Gasteiger partial charge in [-0.15, -0.1) is 0 Å². The monoisotopic (exact) mass is 391 g/mol. The van der Waals surface area contributed by atoms with Gasteiger partial charge in [0.05, 0.1) is 11.0 Å². The van der Waals surface area contributed by atoms with Gasteiger partial charge in [0.1, 0.15) is 5.82 Å². The minimum absolute atomic E-state index is 0.268. The van der Waals surface area contributed by atoms with Crippen molar-refractivity contribution in [1.82, 2.24) is 14.7 Å². The van der Waals surface area contributed by atoms with Gasteiger partial charge < -0.3 is 15.3 Å². The smallest absolute Gasteiger partial charge is 0.240 e. The molecule has 1 atom stereocenters. The van der Waals surface area contributed by atoms with Crippen LogP contribution in [0.2, 0.25) is 0 Å². The van der Waals surface area contributed by atoms with Crippen LogP contribution in [0, 0.1) is 6.92 Å². The molecule has 9 heteroatoms. The normalized spacial score (nSPS) is 17.3. The van der Waals surface area contributed by atoms with E-state index < -0.39 is 10.0 Å². The van der Waals surface area contributed by atoms with Gasteiger partial charge in [0.25, 0.3) is 0 Å². The molecule has 0 amide bonds. The van der Waals surface area contributed by atoms with Crippen LogP contribution in [0.5, 0.6) is 0 Å². The molecule has 0 bridgehead atoms. The first-order valence-corrected chi connectivity index (χ1v) is 10.5. The average molecular weight is 391 g/mol. The predicted molar refractivity (Wildman–Crippen MR) is 104 cm³/mol. The first kappa shape index (κ1) is 19.5. The molecular formula is C18H25N5O3S. The number of aliphatic hydroxyl groups is 1. The highest BCUT2D eigenvalue weighted by atomic mass is 32.2. The Balaban J connectivity index is 1.44. The molecule has 1 unspecified atom stereocenters. The largest absolute Gasteiger partial charge is 0.391 e. The summed E-state index contributed by atoms with van der Waals surface area (Å²) in [4.78, 5) is 10.9. The highest BCUT2D eigenvalue weighted by Gasteiger charge is 2.21. The Morgan fingerprint density at radius 3 is 2.70 bits per heavy atom. The minimum atomic E-state index is -3.48. The van der Waals surface area contributed by atoms with Gasteiger partial charge in [-0.1, -0.05) is 17.7 Å². The molecule has 2 heterocycles. The second-order valence-electron chi connectivity index (χ2n) is 6.62. The van der Waals surface area contributed by atoms with Gasteiger partial charge in [-0.25, -0.2) is 18.1 Å². The van der Waals surface area contributed by atoms with E-state index in [2.05, 4.69) is 20.0 Å². The predicted octanol–water partition coefficient (Wildman–Crippen LogP) is 1.14. The van der Waals surface area contributed by atoms with Crippen LogP contribution in [0.25, 0.3) is 0 Å². The second kappa shape index (κ2) is 8.64. The van der Waals surface area contributed by atoms with Crippen LogP contribution in [0.15, 0.2) is 41.4 Å². The van der Waals surface area contributed by atoms with Crippen molar-refractivity contribution >= 4 is 21.8 Å². The van der Waals surface area contributed by atoms with E-state index in [0.717, 1.165) is 24.3 Å². The zero-order valence-corrected chi connectivity index (χ0v) is 16.1. The Kier molecular flexibility index (Phi) is 6.25. The van der Waals surface area contributed by atoms with Crippen molar-refractivity contribution in [3.8, 4) is 0 Å². The van der Waals surface area contributed by atoms with Crippen molar-refractivity contribution in [1.29, 1.82) is 0 Å². The second-order valence-corrected chi connectivity index (χ2v) is 8.39. The molecule has 0 aliphatic carbocycles.